The molecular formula is C23H33NO. The van der Waals surface area contributed by atoms with Gasteiger partial charge >= 0.3 is 0 Å². The molecule has 0 saturated heterocycles. The molecule has 0 amide bonds. The van der Waals surface area contributed by atoms with Crippen LogP contribution in [0.1, 0.15) is 68.7 Å². The fraction of sp³-hybridized carbons (Fsp3) is 0.478. The molecule has 136 valence electrons. The summed E-state index contributed by atoms with van der Waals surface area (Å²) in [5.74, 6) is 0.981. The van der Waals surface area contributed by atoms with Gasteiger partial charge in [-0.1, -0.05) is 69.5 Å². The zero-order valence-corrected chi connectivity index (χ0v) is 16.1. The van der Waals surface area contributed by atoms with Crippen molar-refractivity contribution in [3.8, 4) is 5.75 Å². The number of unbranched alkanes of at least 4 members (excludes halogenated alkanes) is 3. The van der Waals surface area contributed by atoms with Crippen LogP contribution in [0, 0.1) is 6.92 Å². The van der Waals surface area contributed by atoms with E-state index >= 15 is 0 Å². The summed E-state index contributed by atoms with van der Waals surface area (Å²) in [7, 11) is 0. The van der Waals surface area contributed by atoms with Crippen LogP contribution in [0.3, 0.4) is 0 Å². The van der Waals surface area contributed by atoms with Gasteiger partial charge in [0.25, 0.3) is 0 Å². The summed E-state index contributed by atoms with van der Waals surface area (Å²) < 4.78 is 5.85. The van der Waals surface area contributed by atoms with Crippen LogP contribution in [0.5, 0.6) is 5.75 Å². The zero-order chi connectivity index (χ0) is 17.9. The molecule has 0 bridgehead atoms. The lowest BCUT2D eigenvalue weighted by molar-refractivity contribution is 0.305. The Morgan fingerprint density at radius 1 is 0.920 bits per heavy atom. The molecule has 25 heavy (non-hydrogen) atoms. The molecule has 0 saturated carbocycles. The Kier molecular flexibility index (Phi) is 8.54. The van der Waals surface area contributed by atoms with Crippen molar-refractivity contribution >= 4 is 0 Å². The van der Waals surface area contributed by atoms with Gasteiger partial charge in [0, 0.05) is 12.6 Å². The third-order valence-corrected chi connectivity index (χ3v) is 4.76. The van der Waals surface area contributed by atoms with Gasteiger partial charge in [-0.25, -0.2) is 0 Å². The van der Waals surface area contributed by atoms with Crippen LogP contribution in [0.25, 0.3) is 0 Å². The van der Waals surface area contributed by atoms with Crippen molar-refractivity contribution < 1.29 is 4.74 Å². The van der Waals surface area contributed by atoms with Crippen LogP contribution < -0.4 is 10.1 Å². The standard InChI is InChI=1S/C23H33NO/c1-4-6-7-10-17-25-22-15-13-20(14-16-22)23(5-2)24-18-21-12-9-8-11-19(21)3/h8-9,11-16,23-24H,4-7,10,17-18H2,1-3H3. The Labute approximate surface area is 153 Å². The minimum Gasteiger partial charge on any atom is -0.494 e. The Bertz CT molecular complexity index is 606. The van der Waals surface area contributed by atoms with Gasteiger partial charge in [0.05, 0.1) is 6.61 Å². The normalized spacial score (nSPS) is 12.1. The van der Waals surface area contributed by atoms with Crippen molar-refractivity contribution in [1.29, 1.82) is 0 Å². The second-order valence-electron chi connectivity index (χ2n) is 6.75. The topological polar surface area (TPSA) is 21.3 Å². The Hall–Kier alpha value is -1.80. The molecule has 2 rings (SSSR count). The van der Waals surface area contributed by atoms with E-state index in [0.29, 0.717) is 6.04 Å². The number of benzene rings is 2. The second-order valence-corrected chi connectivity index (χ2v) is 6.75. The lowest BCUT2D eigenvalue weighted by atomic mass is 10.0. The Morgan fingerprint density at radius 2 is 1.68 bits per heavy atom. The number of hydrogen-bond acceptors (Lipinski definition) is 2. The van der Waals surface area contributed by atoms with Gasteiger partial charge in [-0.05, 0) is 48.6 Å². The third-order valence-electron chi connectivity index (χ3n) is 4.76. The molecule has 2 aromatic carbocycles. The summed E-state index contributed by atoms with van der Waals surface area (Å²) in [6.07, 6.45) is 6.04. The minimum absolute atomic E-state index is 0.373. The quantitative estimate of drug-likeness (QED) is 0.492. The molecule has 0 heterocycles. The number of ether oxygens (including phenoxy) is 1. The average molecular weight is 340 g/mol. The monoisotopic (exact) mass is 339 g/mol. The van der Waals surface area contributed by atoms with E-state index in [1.54, 1.807) is 0 Å². The van der Waals surface area contributed by atoms with Crippen molar-refractivity contribution in [2.75, 3.05) is 6.61 Å². The maximum absolute atomic E-state index is 5.85. The molecule has 0 spiro atoms. The summed E-state index contributed by atoms with van der Waals surface area (Å²) in [6, 6.07) is 17.5. The predicted octanol–water partition coefficient (Wildman–Crippen LogP) is 6.20. The smallest absolute Gasteiger partial charge is 0.119 e. The lowest BCUT2D eigenvalue weighted by Gasteiger charge is -2.19. The van der Waals surface area contributed by atoms with Crippen molar-refractivity contribution in [1.82, 2.24) is 5.32 Å². The molecule has 2 aromatic rings. The van der Waals surface area contributed by atoms with Crippen LogP contribution in [0.4, 0.5) is 0 Å². The van der Waals surface area contributed by atoms with Crippen molar-refractivity contribution in [2.24, 2.45) is 0 Å². The van der Waals surface area contributed by atoms with Crippen LogP contribution >= 0.6 is 0 Å². The SMILES string of the molecule is CCCCCCOc1ccc(C(CC)NCc2ccccc2C)cc1. The fourth-order valence-electron chi connectivity index (χ4n) is 3.05. The molecular weight excluding hydrogens is 306 g/mol. The van der Waals surface area contributed by atoms with E-state index in [1.807, 2.05) is 0 Å². The Balaban J connectivity index is 1.84. The summed E-state index contributed by atoms with van der Waals surface area (Å²) in [5.41, 5.74) is 4.04. The van der Waals surface area contributed by atoms with Crippen LogP contribution in [0.2, 0.25) is 0 Å². The molecule has 1 N–H and O–H groups in total. The summed E-state index contributed by atoms with van der Waals surface area (Å²) in [6.45, 7) is 8.36. The third kappa shape index (κ3) is 6.55. The molecule has 0 aliphatic heterocycles. The van der Waals surface area contributed by atoms with Gasteiger partial charge in [0.15, 0.2) is 0 Å². The first kappa shape index (κ1) is 19.5. The maximum Gasteiger partial charge on any atom is 0.119 e. The molecule has 1 unspecified atom stereocenters. The number of nitrogens with one attached hydrogen (secondary N) is 1. The van der Waals surface area contributed by atoms with E-state index < -0.39 is 0 Å². The van der Waals surface area contributed by atoms with Crippen molar-refractivity contribution in [3.63, 3.8) is 0 Å². The van der Waals surface area contributed by atoms with E-state index in [4.69, 9.17) is 4.74 Å². The summed E-state index contributed by atoms with van der Waals surface area (Å²) in [5, 5.41) is 3.69. The first-order chi connectivity index (χ1) is 12.2. The second kappa shape index (κ2) is 10.9. The van der Waals surface area contributed by atoms with Gasteiger partial charge in [-0.2, -0.15) is 0 Å². The molecule has 0 aliphatic carbocycles. The molecule has 2 heteroatoms. The molecule has 0 radical (unpaired) electrons. The number of aryl methyl sites for hydroxylation is 1. The number of hydrogen-bond donors (Lipinski definition) is 1. The van der Waals surface area contributed by atoms with E-state index in [9.17, 15) is 0 Å². The molecule has 0 fully saturated rings. The van der Waals surface area contributed by atoms with Crippen molar-refractivity contribution in [3.05, 3.63) is 65.2 Å². The molecule has 0 aromatic heterocycles. The van der Waals surface area contributed by atoms with Gasteiger partial charge in [0.1, 0.15) is 5.75 Å². The average Bonchev–Trinajstić information content (AvgIpc) is 2.64. The van der Waals surface area contributed by atoms with E-state index in [0.717, 1.165) is 31.7 Å². The lowest BCUT2D eigenvalue weighted by Crippen LogP contribution is -2.20. The Morgan fingerprint density at radius 3 is 2.36 bits per heavy atom. The zero-order valence-electron chi connectivity index (χ0n) is 16.1. The van der Waals surface area contributed by atoms with E-state index in [-0.39, 0.29) is 0 Å². The highest BCUT2D eigenvalue weighted by Gasteiger charge is 2.09. The summed E-state index contributed by atoms with van der Waals surface area (Å²) in [4.78, 5) is 0. The minimum atomic E-state index is 0.373. The highest BCUT2D eigenvalue weighted by atomic mass is 16.5. The fourth-order valence-corrected chi connectivity index (χ4v) is 3.05. The van der Waals surface area contributed by atoms with Crippen LogP contribution in [-0.2, 0) is 6.54 Å². The largest absolute Gasteiger partial charge is 0.494 e. The van der Waals surface area contributed by atoms with Gasteiger partial charge in [0.2, 0.25) is 0 Å². The van der Waals surface area contributed by atoms with Crippen molar-refractivity contribution in [2.45, 2.75) is 65.5 Å². The molecule has 0 aliphatic rings. The van der Waals surface area contributed by atoms with Gasteiger partial charge in [-0.15, -0.1) is 0 Å². The maximum atomic E-state index is 5.85. The highest BCUT2D eigenvalue weighted by Crippen LogP contribution is 2.21. The van der Waals surface area contributed by atoms with E-state index in [2.05, 4.69) is 74.6 Å². The van der Waals surface area contributed by atoms with E-state index in [1.165, 1.54) is 36.0 Å². The van der Waals surface area contributed by atoms with Crippen LogP contribution in [0.15, 0.2) is 48.5 Å². The molecule has 2 nitrogen and oxygen atoms in total. The predicted molar refractivity (Wildman–Crippen MR) is 107 cm³/mol. The van der Waals surface area contributed by atoms with Crippen LogP contribution in [-0.4, -0.2) is 6.61 Å². The molecule has 1 atom stereocenters. The first-order valence-electron chi connectivity index (χ1n) is 9.75. The summed E-state index contributed by atoms with van der Waals surface area (Å²) >= 11 is 0. The number of rotatable bonds is 11. The van der Waals surface area contributed by atoms with Gasteiger partial charge < -0.3 is 10.1 Å². The highest BCUT2D eigenvalue weighted by molar-refractivity contribution is 5.30. The van der Waals surface area contributed by atoms with Gasteiger partial charge in [-0.3, -0.25) is 0 Å². The first-order valence-corrected chi connectivity index (χ1v) is 9.75.